The molecule has 1 fully saturated rings. The fourth-order valence-corrected chi connectivity index (χ4v) is 6.80. The highest BCUT2D eigenvalue weighted by atomic mass is 35.5. The molecule has 1 aromatic carbocycles. The number of nitrogens with zero attached hydrogens (tertiary/aromatic N) is 2. The minimum Gasteiger partial charge on any atom is -0.497 e. The molecular formula is C26H32ClFN2O3S2. The van der Waals surface area contributed by atoms with E-state index in [1.807, 2.05) is 30.0 Å². The van der Waals surface area contributed by atoms with Crippen molar-refractivity contribution >= 4 is 52.4 Å². The highest BCUT2D eigenvalue weighted by Crippen LogP contribution is 2.33. The van der Waals surface area contributed by atoms with Gasteiger partial charge in [0, 0.05) is 30.6 Å². The first kappa shape index (κ1) is 27.7. The third kappa shape index (κ3) is 7.56. The monoisotopic (exact) mass is 538 g/mol. The number of pyridine rings is 1. The number of benzene rings is 1. The van der Waals surface area contributed by atoms with E-state index >= 15 is 0 Å². The summed E-state index contributed by atoms with van der Waals surface area (Å²) in [5.41, 5.74) is 1.43. The highest BCUT2D eigenvalue weighted by Gasteiger charge is 2.30. The maximum absolute atomic E-state index is 14.7. The highest BCUT2D eigenvalue weighted by molar-refractivity contribution is 8.01. The number of carboxylic acid groups (broad SMARTS) is 1. The van der Waals surface area contributed by atoms with Crippen molar-refractivity contribution < 1.29 is 19.0 Å². The zero-order valence-corrected chi connectivity index (χ0v) is 22.3. The van der Waals surface area contributed by atoms with Gasteiger partial charge in [-0.1, -0.05) is 6.07 Å². The van der Waals surface area contributed by atoms with E-state index in [2.05, 4.69) is 27.4 Å². The van der Waals surface area contributed by atoms with Crippen LogP contribution >= 0.6 is 35.5 Å². The quantitative estimate of drug-likeness (QED) is 0.285. The van der Waals surface area contributed by atoms with Crippen LogP contribution in [0.2, 0.25) is 0 Å². The zero-order chi connectivity index (χ0) is 23.9. The average molecular weight is 539 g/mol. The van der Waals surface area contributed by atoms with Crippen LogP contribution in [0.15, 0.2) is 46.1 Å². The van der Waals surface area contributed by atoms with Crippen LogP contribution in [0.3, 0.4) is 0 Å². The number of thiophene rings is 1. The third-order valence-electron chi connectivity index (χ3n) is 6.70. The Morgan fingerprint density at radius 1 is 1.34 bits per heavy atom. The number of aliphatic carboxylic acids is 1. The first-order valence-electron chi connectivity index (χ1n) is 11.7. The number of fused-ring (bicyclic) bond motifs is 1. The van der Waals surface area contributed by atoms with Crippen LogP contribution in [0.25, 0.3) is 10.9 Å². The van der Waals surface area contributed by atoms with Gasteiger partial charge in [-0.3, -0.25) is 9.78 Å². The van der Waals surface area contributed by atoms with Crippen molar-refractivity contribution in [2.24, 2.45) is 11.8 Å². The Morgan fingerprint density at radius 3 is 2.94 bits per heavy atom. The predicted molar refractivity (Wildman–Crippen MR) is 144 cm³/mol. The van der Waals surface area contributed by atoms with Gasteiger partial charge in [-0.2, -0.15) is 0 Å². The van der Waals surface area contributed by atoms with Gasteiger partial charge >= 0.3 is 5.97 Å². The summed E-state index contributed by atoms with van der Waals surface area (Å²) in [6.07, 6.45) is 4.82. The standard InChI is InChI=1S/C26H31FN2O3S2.ClH/c1-32-20-7-8-24-22(15-20)21(23(27)16-28-24)5-2-4-18-9-10-29(17-19(18)14-25(30)31)11-13-34-26-6-3-12-33-26;/h3,6-8,12,15-16,18-19H,2,4-5,9-11,13-14,17H2,1H3,(H,30,31);1H/t18-,19+;/m1./s1. The minimum absolute atomic E-state index is 0. The molecule has 1 saturated heterocycles. The molecule has 4 rings (SSSR count). The Labute approximate surface area is 220 Å². The Kier molecular flexibility index (Phi) is 10.6. The van der Waals surface area contributed by atoms with Gasteiger partial charge in [-0.05, 0) is 79.3 Å². The summed E-state index contributed by atoms with van der Waals surface area (Å²) in [6, 6.07) is 9.74. The number of ether oxygens (including phenoxy) is 1. The molecule has 35 heavy (non-hydrogen) atoms. The molecule has 5 nitrogen and oxygen atoms in total. The molecule has 2 atom stereocenters. The van der Waals surface area contributed by atoms with E-state index in [0.29, 0.717) is 23.7 Å². The lowest BCUT2D eigenvalue weighted by Crippen LogP contribution is -2.42. The van der Waals surface area contributed by atoms with Crippen molar-refractivity contribution in [1.82, 2.24) is 9.88 Å². The molecule has 190 valence electrons. The third-order valence-corrected chi connectivity index (χ3v) is 8.81. The number of thioether (sulfide) groups is 1. The maximum Gasteiger partial charge on any atom is 0.303 e. The van der Waals surface area contributed by atoms with Crippen LogP contribution in [-0.2, 0) is 11.2 Å². The van der Waals surface area contributed by atoms with E-state index in [-0.39, 0.29) is 30.6 Å². The summed E-state index contributed by atoms with van der Waals surface area (Å²) in [7, 11) is 1.60. The molecule has 1 aliphatic heterocycles. The number of likely N-dealkylation sites (tertiary alicyclic amines) is 1. The van der Waals surface area contributed by atoms with E-state index in [1.165, 1.54) is 10.4 Å². The fraction of sp³-hybridized carbons (Fsp3) is 0.462. The second-order valence-corrected chi connectivity index (χ2v) is 11.2. The topological polar surface area (TPSA) is 62.7 Å². The van der Waals surface area contributed by atoms with Gasteiger partial charge < -0.3 is 14.7 Å². The van der Waals surface area contributed by atoms with E-state index in [0.717, 1.165) is 55.6 Å². The fourth-order valence-electron chi connectivity index (χ4n) is 4.94. The summed E-state index contributed by atoms with van der Waals surface area (Å²) < 4.78 is 21.3. The van der Waals surface area contributed by atoms with Crippen LogP contribution in [0, 0.1) is 17.7 Å². The van der Waals surface area contributed by atoms with Crippen LogP contribution in [-0.4, -0.2) is 53.5 Å². The smallest absolute Gasteiger partial charge is 0.303 e. The molecule has 0 aliphatic carbocycles. The summed E-state index contributed by atoms with van der Waals surface area (Å²) >= 11 is 3.62. The maximum atomic E-state index is 14.7. The van der Waals surface area contributed by atoms with Gasteiger partial charge in [0.15, 0.2) is 0 Å². The van der Waals surface area contributed by atoms with Crippen molar-refractivity contribution in [2.75, 3.05) is 32.5 Å². The van der Waals surface area contributed by atoms with E-state index < -0.39 is 5.97 Å². The number of aromatic nitrogens is 1. The number of carboxylic acids is 1. The van der Waals surface area contributed by atoms with Crippen molar-refractivity contribution in [2.45, 2.75) is 36.3 Å². The van der Waals surface area contributed by atoms with Gasteiger partial charge in [0.1, 0.15) is 11.6 Å². The van der Waals surface area contributed by atoms with E-state index in [1.54, 1.807) is 18.4 Å². The van der Waals surface area contributed by atoms with Crippen LogP contribution < -0.4 is 4.74 Å². The largest absolute Gasteiger partial charge is 0.497 e. The second-order valence-electron chi connectivity index (χ2n) is 8.85. The SMILES string of the molecule is COc1ccc2ncc(F)c(CCC[C@@H]3CCN(CCSc4cccs4)C[C@@H]3CC(=O)O)c2c1.Cl. The molecule has 0 bridgehead atoms. The van der Waals surface area contributed by atoms with Crippen molar-refractivity contribution in [1.29, 1.82) is 0 Å². The number of aryl methyl sites for hydroxylation is 1. The van der Waals surface area contributed by atoms with Crippen LogP contribution in [0.1, 0.15) is 31.2 Å². The molecule has 3 heterocycles. The zero-order valence-electron chi connectivity index (χ0n) is 19.8. The first-order valence-corrected chi connectivity index (χ1v) is 13.6. The summed E-state index contributed by atoms with van der Waals surface area (Å²) in [5, 5.41) is 12.4. The lowest BCUT2D eigenvalue weighted by atomic mass is 9.80. The molecule has 2 aromatic heterocycles. The van der Waals surface area contributed by atoms with Crippen LogP contribution in [0.4, 0.5) is 4.39 Å². The van der Waals surface area contributed by atoms with Gasteiger partial charge in [0.25, 0.3) is 0 Å². The number of hydrogen-bond donors (Lipinski definition) is 1. The van der Waals surface area contributed by atoms with Crippen molar-refractivity contribution in [3.63, 3.8) is 0 Å². The summed E-state index contributed by atoms with van der Waals surface area (Å²) in [6.45, 7) is 2.79. The Hall–Kier alpha value is -1.87. The van der Waals surface area contributed by atoms with Crippen LogP contribution in [0.5, 0.6) is 5.75 Å². The first-order chi connectivity index (χ1) is 16.5. The lowest BCUT2D eigenvalue weighted by Gasteiger charge is -2.38. The molecule has 1 aliphatic rings. The van der Waals surface area contributed by atoms with Gasteiger partial charge in [0.05, 0.1) is 23.0 Å². The molecule has 1 N–H and O–H groups in total. The molecule has 0 unspecified atom stereocenters. The molecule has 0 spiro atoms. The van der Waals surface area contributed by atoms with E-state index in [9.17, 15) is 14.3 Å². The van der Waals surface area contributed by atoms with E-state index in [4.69, 9.17) is 4.74 Å². The molecule has 0 radical (unpaired) electrons. The lowest BCUT2D eigenvalue weighted by molar-refractivity contribution is -0.139. The predicted octanol–water partition coefficient (Wildman–Crippen LogP) is 6.39. The van der Waals surface area contributed by atoms with Gasteiger partial charge in [0.2, 0.25) is 0 Å². The molecule has 0 saturated carbocycles. The molecule has 0 amide bonds. The summed E-state index contributed by atoms with van der Waals surface area (Å²) in [4.78, 5) is 18.2. The summed E-state index contributed by atoms with van der Waals surface area (Å²) in [5.74, 6) is 1.17. The number of methoxy groups -OCH3 is 1. The molecule has 9 heteroatoms. The second kappa shape index (κ2) is 13.4. The number of carbonyl (C=O) groups is 1. The van der Waals surface area contributed by atoms with Gasteiger partial charge in [-0.15, -0.1) is 35.5 Å². The number of halogens is 2. The van der Waals surface area contributed by atoms with Crippen molar-refractivity contribution in [3.05, 3.63) is 53.3 Å². The van der Waals surface area contributed by atoms with Crippen molar-refractivity contribution in [3.8, 4) is 5.75 Å². The van der Waals surface area contributed by atoms with Gasteiger partial charge in [-0.25, -0.2) is 4.39 Å². The minimum atomic E-state index is -0.733. The Morgan fingerprint density at radius 2 is 2.20 bits per heavy atom. The number of hydrogen-bond acceptors (Lipinski definition) is 6. The Balaban J connectivity index is 0.00000342. The Bertz CT molecular complexity index is 1100. The number of rotatable bonds is 11. The molecule has 3 aromatic rings. The average Bonchev–Trinajstić information content (AvgIpc) is 3.34. The number of piperidine rings is 1. The normalized spacial score (nSPS) is 18.3. The molecular weight excluding hydrogens is 507 g/mol.